The van der Waals surface area contributed by atoms with E-state index in [2.05, 4.69) is 91.6 Å². The third kappa shape index (κ3) is 5.23. The summed E-state index contributed by atoms with van der Waals surface area (Å²) in [6.07, 6.45) is 2.86. The molecule has 0 amide bonds. The molecule has 11 heteroatoms. The zero-order chi connectivity index (χ0) is 32.8. The van der Waals surface area contributed by atoms with E-state index in [9.17, 15) is 0 Å². The molecule has 45 heavy (non-hydrogen) atoms. The molecular formula is C34H45N11. The van der Waals surface area contributed by atoms with Crippen molar-refractivity contribution in [2.75, 3.05) is 17.2 Å². The van der Waals surface area contributed by atoms with E-state index in [0.29, 0.717) is 36.3 Å². The zero-order valence-electron chi connectivity index (χ0n) is 28.1. The SMILES string of the molecule is Cc1nc(N)n2c(Cc3nc(N)n4c(Cc5nc(N)n6ccc(C(C)(C)C)cc56)cc(C(C)(C)C)nc34)nc(C(C)(C)C)cc12. The van der Waals surface area contributed by atoms with Gasteiger partial charge in [-0.3, -0.25) is 13.2 Å². The lowest BCUT2D eigenvalue weighted by Crippen LogP contribution is -2.18. The first-order valence-corrected chi connectivity index (χ1v) is 15.4. The van der Waals surface area contributed by atoms with E-state index in [1.807, 2.05) is 26.3 Å². The Morgan fingerprint density at radius 2 is 1.24 bits per heavy atom. The molecule has 0 bridgehead atoms. The molecule has 0 saturated carbocycles. The second kappa shape index (κ2) is 9.92. The molecule has 0 aliphatic heterocycles. The predicted octanol–water partition coefficient (Wildman–Crippen LogP) is 5.55. The van der Waals surface area contributed by atoms with Gasteiger partial charge in [-0.15, -0.1) is 0 Å². The van der Waals surface area contributed by atoms with Crippen LogP contribution < -0.4 is 17.2 Å². The van der Waals surface area contributed by atoms with Gasteiger partial charge in [0.15, 0.2) is 5.65 Å². The second-order valence-electron chi connectivity index (χ2n) is 15.2. The van der Waals surface area contributed by atoms with Crippen molar-refractivity contribution in [2.45, 2.75) is 98.3 Å². The molecule has 6 N–H and O–H groups in total. The van der Waals surface area contributed by atoms with Gasteiger partial charge in [-0.2, -0.15) is 0 Å². The van der Waals surface area contributed by atoms with Crippen molar-refractivity contribution in [3.63, 3.8) is 0 Å². The normalized spacial score (nSPS) is 13.1. The van der Waals surface area contributed by atoms with Gasteiger partial charge in [0.2, 0.25) is 17.8 Å². The lowest BCUT2D eigenvalue weighted by atomic mass is 9.87. The highest BCUT2D eigenvalue weighted by Crippen LogP contribution is 2.31. The third-order valence-electron chi connectivity index (χ3n) is 8.49. The van der Waals surface area contributed by atoms with Gasteiger partial charge in [0.25, 0.3) is 0 Å². The Morgan fingerprint density at radius 3 is 1.89 bits per heavy atom. The molecule has 0 aliphatic carbocycles. The fourth-order valence-electron chi connectivity index (χ4n) is 5.82. The highest BCUT2D eigenvalue weighted by molar-refractivity contribution is 5.63. The predicted molar refractivity (Wildman–Crippen MR) is 181 cm³/mol. The molecule has 6 aromatic rings. The van der Waals surface area contributed by atoms with Crippen LogP contribution >= 0.6 is 0 Å². The molecule has 0 spiro atoms. The number of pyridine rings is 1. The van der Waals surface area contributed by atoms with Crippen LogP contribution in [0.3, 0.4) is 0 Å². The van der Waals surface area contributed by atoms with Gasteiger partial charge < -0.3 is 17.2 Å². The molecule has 0 unspecified atom stereocenters. The minimum Gasteiger partial charge on any atom is -0.369 e. The number of nitrogens with two attached hydrogens (primary N) is 3. The van der Waals surface area contributed by atoms with Crippen molar-refractivity contribution in [3.8, 4) is 0 Å². The smallest absolute Gasteiger partial charge is 0.206 e. The van der Waals surface area contributed by atoms with Crippen molar-refractivity contribution in [1.29, 1.82) is 0 Å². The fourth-order valence-corrected chi connectivity index (χ4v) is 5.82. The van der Waals surface area contributed by atoms with Gasteiger partial charge in [0.05, 0.1) is 40.2 Å². The molecule has 236 valence electrons. The minimum atomic E-state index is -0.231. The van der Waals surface area contributed by atoms with Crippen LogP contribution in [0.5, 0.6) is 0 Å². The van der Waals surface area contributed by atoms with Gasteiger partial charge in [0, 0.05) is 34.8 Å². The van der Waals surface area contributed by atoms with Crippen LogP contribution in [0.2, 0.25) is 0 Å². The molecule has 0 aliphatic rings. The quantitative estimate of drug-likeness (QED) is 0.236. The molecule has 0 fully saturated rings. The van der Waals surface area contributed by atoms with Crippen LogP contribution in [0.4, 0.5) is 17.8 Å². The first kappa shape index (κ1) is 30.4. The van der Waals surface area contributed by atoms with Crippen LogP contribution in [0.25, 0.3) is 16.7 Å². The number of anilines is 3. The van der Waals surface area contributed by atoms with Crippen LogP contribution in [0.1, 0.15) is 108 Å². The van der Waals surface area contributed by atoms with Crippen LogP contribution in [0, 0.1) is 6.92 Å². The van der Waals surface area contributed by atoms with E-state index in [0.717, 1.165) is 51.0 Å². The van der Waals surface area contributed by atoms with Crippen LogP contribution in [0.15, 0.2) is 30.5 Å². The van der Waals surface area contributed by atoms with Gasteiger partial charge in [0.1, 0.15) is 5.82 Å². The average molecular weight is 608 g/mol. The van der Waals surface area contributed by atoms with Crippen molar-refractivity contribution in [1.82, 2.24) is 38.1 Å². The van der Waals surface area contributed by atoms with E-state index in [1.54, 1.807) is 0 Å². The van der Waals surface area contributed by atoms with Gasteiger partial charge in [-0.1, -0.05) is 62.3 Å². The van der Waals surface area contributed by atoms with Crippen molar-refractivity contribution < 1.29 is 0 Å². The largest absolute Gasteiger partial charge is 0.369 e. The van der Waals surface area contributed by atoms with Crippen LogP contribution in [-0.2, 0) is 29.1 Å². The average Bonchev–Trinajstić information content (AvgIpc) is 3.52. The number of nitrogen functional groups attached to an aromatic ring is 3. The Balaban J connectivity index is 1.55. The zero-order valence-corrected chi connectivity index (χ0v) is 28.1. The van der Waals surface area contributed by atoms with E-state index < -0.39 is 0 Å². The topological polar surface area (TPSA) is 156 Å². The lowest BCUT2D eigenvalue weighted by molar-refractivity contribution is 0.562. The Labute approximate surface area is 263 Å². The van der Waals surface area contributed by atoms with Crippen molar-refractivity contribution >= 4 is 34.5 Å². The molecule has 0 radical (unpaired) electrons. The van der Waals surface area contributed by atoms with E-state index >= 15 is 0 Å². The van der Waals surface area contributed by atoms with Gasteiger partial charge in [-0.25, -0.2) is 24.9 Å². The van der Waals surface area contributed by atoms with E-state index in [-0.39, 0.29) is 16.2 Å². The number of aromatic nitrogens is 8. The maximum absolute atomic E-state index is 6.69. The molecule has 0 saturated heterocycles. The third-order valence-corrected chi connectivity index (χ3v) is 8.49. The molecule has 0 atom stereocenters. The molecule has 0 aromatic carbocycles. The first-order valence-electron chi connectivity index (χ1n) is 15.4. The summed E-state index contributed by atoms with van der Waals surface area (Å²) in [5.74, 6) is 1.93. The summed E-state index contributed by atoms with van der Waals surface area (Å²) < 4.78 is 5.78. The molecular weight excluding hydrogens is 562 g/mol. The van der Waals surface area contributed by atoms with Gasteiger partial charge in [-0.05, 0) is 42.2 Å². The molecule has 6 heterocycles. The summed E-state index contributed by atoms with van der Waals surface area (Å²) >= 11 is 0. The first-order chi connectivity index (χ1) is 20.8. The maximum Gasteiger partial charge on any atom is 0.206 e. The standard InChI is InChI=1S/C34H45N11/c1-18-23-17-26(34(8,9)10)41-27(45(23)30(36)38-18)16-22-28-42-25(33(5,6)7)15-20(44(28)31(37)40-22)14-21-24-13-19(32(2,3)4)11-12-43(24)29(35)39-21/h11-13,15,17H,14,16H2,1-10H3,(H2,35,39)(H2,36,38)(H2,37,40). The van der Waals surface area contributed by atoms with E-state index in [4.69, 9.17) is 37.1 Å². The number of rotatable bonds is 4. The highest BCUT2D eigenvalue weighted by atomic mass is 15.2. The molecule has 6 rings (SSSR count). The van der Waals surface area contributed by atoms with Crippen molar-refractivity contribution in [2.24, 2.45) is 0 Å². The minimum absolute atomic E-state index is 0.0218. The van der Waals surface area contributed by atoms with Crippen LogP contribution in [-0.4, -0.2) is 38.1 Å². The fraction of sp³-hybridized carbons (Fsp3) is 0.441. The summed E-state index contributed by atoms with van der Waals surface area (Å²) in [6, 6.07) is 8.46. The highest BCUT2D eigenvalue weighted by Gasteiger charge is 2.26. The summed E-state index contributed by atoms with van der Waals surface area (Å²) in [4.78, 5) is 24.5. The number of imidazole rings is 3. The number of nitrogens with zero attached hydrogens (tertiary/aromatic N) is 8. The summed E-state index contributed by atoms with van der Waals surface area (Å²) in [7, 11) is 0. The summed E-state index contributed by atoms with van der Waals surface area (Å²) in [6.45, 7) is 21.5. The maximum atomic E-state index is 6.69. The number of aryl methyl sites for hydroxylation is 1. The lowest BCUT2D eigenvalue weighted by Gasteiger charge is -2.21. The summed E-state index contributed by atoms with van der Waals surface area (Å²) in [5, 5.41) is 0. The number of fused-ring (bicyclic) bond motifs is 3. The second-order valence-corrected chi connectivity index (χ2v) is 15.2. The Bertz CT molecular complexity index is 2100. The number of hydrogen-bond donors (Lipinski definition) is 3. The van der Waals surface area contributed by atoms with E-state index in [1.165, 1.54) is 5.56 Å². The van der Waals surface area contributed by atoms with Gasteiger partial charge >= 0.3 is 0 Å². The Kier molecular flexibility index (Phi) is 6.69. The molecule has 6 aromatic heterocycles. The molecule has 11 nitrogen and oxygen atoms in total. The Morgan fingerprint density at radius 1 is 0.622 bits per heavy atom. The summed E-state index contributed by atoms with van der Waals surface area (Å²) in [5.41, 5.74) is 28.1. The van der Waals surface area contributed by atoms with Crippen molar-refractivity contribution in [3.05, 3.63) is 76.0 Å². The number of hydrogen-bond acceptors (Lipinski definition) is 8. The Hall–Kier alpha value is -4.67. The monoisotopic (exact) mass is 607 g/mol.